The first kappa shape index (κ1) is 20.6. The van der Waals surface area contributed by atoms with Crippen molar-refractivity contribution in [2.24, 2.45) is 5.73 Å². The lowest BCUT2D eigenvalue weighted by molar-refractivity contribution is -0.114. The number of primary amides is 1. The molecule has 0 bridgehead atoms. The fraction of sp³-hybridized carbons (Fsp3) is 0.364. The van der Waals surface area contributed by atoms with Gasteiger partial charge in [-0.1, -0.05) is 25.1 Å². The van der Waals surface area contributed by atoms with Gasteiger partial charge in [-0.25, -0.2) is 4.68 Å². The smallest absolute Gasteiger partial charge is 0.244 e. The summed E-state index contributed by atoms with van der Waals surface area (Å²) in [5.41, 5.74) is 8.74. The van der Waals surface area contributed by atoms with Gasteiger partial charge in [0.25, 0.3) is 0 Å². The molecule has 0 fully saturated rings. The summed E-state index contributed by atoms with van der Waals surface area (Å²) in [4.78, 5) is 16.9. The monoisotopic (exact) mass is 419 g/mol. The third kappa shape index (κ3) is 4.03. The van der Waals surface area contributed by atoms with Crippen LogP contribution in [0.3, 0.4) is 0 Å². The first-order valence-corrected chi connectivity index (χ1v) is 10.1. The molecule has 1 amide bonds. The molecule has 4 rings (SSSR count). The van der Waals surface area contributed by atoms with Crippen LogP contribution in [0.2, 0.25) is 0 Å². The Morgan fingerprint density at radius 2 is 2.13 bits per heavy atom. The first-order valence-electron chi connectivity index (χ1n) is 10.1. The molecule has 9 heteroatoms. The van der Waals surface area contributed by atoms with E-state index in [2.05, 4.69) is 31.7 Å². The van der Waals surface area contributed by atoms with E-state index in [1.54, 1.807) is 17.0 Å². The van der Waals surface area contributed by atoms with Crippen molar-refractivity contribution in [2.45, 2.75) is 52.0 Å². The fourth-order valence-corrected chi connectivity index (χ4v) is 3.91. The van der Waals surface area contributed by atoms with E-state index in [0.29, 0.717) is 30.0 Å². The Hall–Kier alpha value is -3.62. The zero-order valence-corrected chi connectivity index (χ0v) is 18.0. The lowest BCUT2D eigenvalue weighted by Crippen LogP contribution is -2.40. The molecule has 2 N–H and O–H groups in total. The highest BCUT2D eigenvalue weighted by atomic mass is 16.5. The standard InChI is InChI=1S/C22H25N7O2/c1-13(2)21-25-27-28-29(21)22(11-18-7-15(4)31-26-18)9-16(8-17(10-22)20(23)30)19-6-5-14(3)12-24-19/h5-9,12-13H,10-11H2,1-4H3,(H2,23,30). The molecule has 3 aromatic rings. The van der Waals surface area contributed by atoms with E-state index < -0.39 is 11.4 Å². The predicted octanol–water partition coefficient (Wildman–Crippen LogP) is 2.63. The maximum absolute atomic E-state index is 12.3. The number of pyridine rings is 1. The van der Waals surface area contributed by atoms with Gasteiger partial charge in [-0.2, -0.15) is 0 Å². The van der Waals surface area contributed by atoms with Gasteiger partial charge in [0.05, 0.1) is 16.9 Å². The summed E-state index contributed by atoms with van der Waals surface area (Å²) >= 11 is 0. The van der Waals surface area contributed by atoms with Crippen molar-refractivity contribution in [1.82, 2.24) is 30.3 Å². The molecule has 3 aromatic heterocycles. The van der Waals surface area contributed by atoms with Crippen LogP contribution in [0.25, 0.3) is 5.57 Å². The summed E-state index contributed by atoms with van der Waals surface area (Å²) in [6.07, 6.45) is 6.40. The van der Waals surface area contributed by atoms with E-state index >= 15 is 0 Å². The van der Waals surface area contributed by atoms with Crippen molar-refractivity contribution in [1.29, 1.82) is 0 Å². The van der Waals surface area contributed by atoms with Crippen LogP contribution >= 0.6 is 0 Å². The van der Waals surface area contributed by atoms with E-state index in [0.717, 1.165) is 22.5 Å². The van der Waals surface area contributed by atoms with Crippen molar-refractivity contribution in [2.75, 3.05) is 0 Å². The maximum Gasteiger partial charge on any atom is 0.244 e. The lowest BCUT2D eigenvalue weighted by atomic mass is 9.79. The van der Waals surface area contributed by atoms with Crippen LogP contribution in [0.4, 0.5) is 0 Å². The second-order valence-corrected chi connectivity index (χ2v) is 8.34. The zero-order chi connectivity index (χ0) is 22.2. The van der Waals surface area contributed by atoms with Crippen molar-refractivity contribution in [3.05, 3.63) is 70.7 Å². The van der Waals surface area contributed by atoms with Crippen LogP contribution in [0.5, 0.6) is 0 Å². The van der Waals surface area contributed by atoms with E-state index in [-0.39, 0.29) is 5.92 Å². The molecule has 0 aliphatic heterocycles. The zero-order valence-electron chi connectivity index (χ0n) is 18.0. The normalized spacial score (nSPS) is 18.7. The highest BCUT2D eigenvalue weighted by Crippen LogP contribution is 2.39. The Kier molecular flexibility index (Phi) is 5.26. The third-order valence-corrected chi connectivity index (χ3v) is 5.37. The van der Waals surface area contributed by atoms with Crippen LogP contribution in [-0.2, 0) is 16.8 Å². The number of carbonyl (C=O) groups excluding carboxylic acids is 1. The minimum absolute atomic E-state index is 0.0724. The largest absolute Gasteiger partial charge is 0.366 e. The molecule has 0 saturated heterocycles. The molecule has 3 heterocycles. The fourth-order valence-electron chi connectivity index (χ4n) is 3.91. The van der Waals surface area contributed by atoms with Crippen LogP contribution in [-0.4, -0.2) is 36.3 Å². The molecule has 0 spiro atoms. The summed E-state index contributed by atoms with van der Waals surface area (Å²) in [5, 5.41) is 16.7. The second-order valence-electron chi connectivity index (χ2n) is 8.34. The van der Waals surface area contributed by atoms with Gasteiger partial charge in [-0.15, -0.1) is 5.10 Å². The summed E-state index contributed by atoms with van der Waals surface area (Å²) < 4.78 is 7.08. The van der Waals surface area contributed by atoms with Crippen LogP contribution in [0.15, 0.2) is 46.6 Å². The summed E-state index contributed by atoms with van der Waals surface area (Å²) in [7, 11) is 0. The summed E-state index contributed by atoms with van der Waals surface area (Å²) in [6.45, 7) is 7.86. The topological polar surface area (TPSA) is 126 Å². The number of rotatable bonds is 6. The minimum atomic E-state index is -0.798. The average molecular weight is 419 g/mol. The number of carbonyl (C=O) groups is 1. The SMILES string of the molecule is Cc1ccc(C2=CC(Cc3cc(C)on3)(n3nnnc3C(C)C)CC(C(N)=O)=C2)nc1. The van der Waals surface area contributed by atoms with Gasteiger partial charge in [0.1, 0.15) is 5.76 Å². The number of amides is 1. The highest BCUT2D eigenvalue weighted by molar-refractivity contribution is 5.96. The van der Waals surface area contributed by atoms with E-state index in [9.17, 15) is 4.79 Å². The molecule has 1 aliphatic rings. The van der Waals surface area contributed by atoms with Crippen LogP contribution in [0.1, 0.15) is 54.7 Å². The molecule has 1 aliphatic carbocycles. The first-order chi connectivity index (χ1) is 14.8. The van der Waals surface area contributed by atoms with Gasteiger partial charge >= 0.3 is 0 Å². The summed E-state index contributed by atoms with van der Waals surface area (Å²) in [6, 6.07) is 5.78. The van der Waals surface area contributed by atoms with Crippen LogP contribution in [0, 0.1) is 13.8 Å². The quantitative estimate of drug-likeness (QED) is 0.651. The molecular formula is C22H25N7O2. The molecule has 0 saturated carbocycles. The predicted molar refractivity (Wildman–Crippen MR) is 114 cm³/mol. The maximum atomic E-state index is 12.3. The molecule has 1 atom stereocenters. The average Bonchev–Trinajstić information content (AvgIpc) is 3.38. The Balaban J connectivity index is 1.93. The molecule has 9 nitrogen and oxygen atoms in total. The van der Waals surface area contributed by atoms with E-state index in [4.69, 9.17) is 10.3 Å². The van der Waals surface area contributed by atoms with Gasteiger partial charge in [0, 0.05) is 36.6 Å². The van der Waals surface area contributed by atoms with Gasteiger partial charge in [0.15, 0.2) is 5.82 Å². The third-order valence-electron chi connectivity index (χ3n) is 5.37. The van der Waals surface area contributed by atoms with Crippen molar-refractivity contribution in [3.63, 3.8) is 0 Å². The minimum Gasteiger partial charge on any atom is -0.366 e. The van der Waals surface area contributed by atoms with E-state index in [1.807, 2.05) is 45.9 Å². The number of hydrogen-bond donors (Lipinski definition) is 1. The number of hydrogen-bond acceptors (Lipinski definition) is 7. The molecule has 1 unspecified atom stereocenters. The van der Waals surface area contributed by atoms with Crippen LogP contribution < -0.4 is 5.73 Å². The number of nitrogens with zero attached hydrogens (tertiary/aromatic N) is 6. The van der Waals surface area contributed by atoms with E-state index in [1.165, 1.54) is 0 Å². The van der Waals surface area contributed by atoms with Crippen molar-refractivity contribution < 1.29 is 9.32 Å². The second kappa shape index (κ2) is 7.90. The molecular weight excluding hydrogens is 394 g/mol. The summed E-state index contributed by atoms with van der Waals surface area (Å²) in [5.74, 6) is 0.996. The lowest BCUT2D eigenvalue weighted by Gasteiger charge is -2.35. The Morgan fingerprint density at radius 3 is 2.74 bits per heavy atom. The van der Waals surface area contributed by atoms with Gasteiger partial charge in [-0.3, -0.25) is 9.78 Å². The number of allylic oxidation sites excluding steroid dienone is 3. The number of aromatic nitrogens is 6. The molecule has 31 heavy (non-hydrogen) atoms. The number of aryl methyl sites for hydroxylation is 2. The molecule has 0 radical (unpaired) electrons. The van der Waals surface area contributed by atoms with Gasteiger partial charge < -0.3 is 10.3 Å². The number of tetrazole rings is 1. The van der Waals surface area contributed by atoms with Gasteiger partial charge in [-0.05, 0) is 53.6 Å². The Morgan fingerprint density at radius 1 is 1.32 bits per heavy atom. The highest BCUT2D eigenvalue weighted by Gasteiger charge is 2.40. The molecule has 0 aromatic carbocycles. The Labute approximate surface area is 180 Å². The van der Waals surface area contributed by atoms with Crippen molar-refractivity contribution >= 4 is 11.5 Å². The molecule has 160 valence electrons. The van der Waals surface area contributed by atoms with Crippen molar-refractivity contribution in [3.8, 4) is 0 Å². The number of nitrogens with two attached hydrogens (primary N) is 1. The Bertz CT molecular complexity index is 1170. The van der Waals surface area contributed by atoms with Gasteiger partial charge in [0.2, 0.25) is 5.91 Å².